The molecule has 0 radical (unpaired) electrons. The van der Waals surface area contributed by atoms with Gasteiger partial charge in [-0.25, -0.2) is 0 Å². The van der Waals surface area contributed by atoms with E-state index in [1.54, 1.807) is 37.4 Å². The lowest BCUT2D eigenvalue weighted by molar-refractivity contribution is -0.385. The monoisotopic (exact) mass is 331 g/mol. The van der Waals surface area contributed by atoms with Crippen LogP contribution in [0.4, 0.5) is 11.4 Å². The summed E-state index contributed by atoms with van der Waals surface area (Å²) in [7, 11) is 4.35. The van der Waals surface area contributed by atoms with Gasteiger partial charge in [-0.1, -0.05) is 0 Å². The van der Waals surface area contributed by atoms with Gasteiger partial charge in [0.2, 0.25) is 5.75 Å². The van der Waals surface area contributed by atoms with Gasteiger partial charge in [0.1, 0.15) is 5.75 Å². The average Bonchev–Trinajstić information content (AvgIpc) is 2.61. The molecule has 126 valence electrons. The molecule has 0 spiro atoms. The lowest BCUT2D eigenvalue weighted by Crippen LogP contribution is -1.99. The summed E-state index contributed by atoms with van der Waals surface area (Å²) in [5.41, 5.74) is 3.89. The number of nitro groups is 1. The highest BCUT2D eigenvalue weighted by Gasteiger charge is 2.20. The Hall–Kier alpha value is -3.29. The molecule has 0 unspecified atom stereocenters. The molecule has 0 saturated heterocycles. The first-order chi connectivity index (χ1) is 11.6. The van der Waals surface area contributed by atoms with Gasteiger partial charge in [0.05, 0.1) is 38.2 Å². The SMILES string of the molecule is COc1ccc(N/N=C/c2cc(OC)c(OC)c([N+](=O)[O-])c2)cc1. The van der Waals surface area contributed by atoms with E-state index in [2.05, 4.69) is 10.5 Å². The summed E-state index contributed by atoms with van der Waals surface area (Å²) in [5.74, 6) is 1.07. The molecule has 1 N–H and O–H groups in total. The molecule has 0 fully saturated rings. The Kier molecular flexibility index (Phi) is 5.56. The Balaban J connectivity index is 2.21. The zero-order valence-electron chi connectivity index (χ0n) is 13.5. The van der Waals surface area contributed by atoms with Crippen molar-refractivity contribution < 1.29 is 19.1 Å². The molecule has 0 aliphatic carbocycles. The number of hydrazone groups is 1. The van der Waals surface area contributed by atoms with Crippen molar-refractivity contribution in [3.63, 3.8) is 0 Å². The largest absolute Gasteiger partial charge is 0.497 e. The van der Waals surface area contributed by atoms with Crippen molar-refractivity contribution in [3.05, 3.63) is 52.1 Å². The number of hydrogen-bond acceptors (Lipinski definition) is 7. The number of methoxy groups -OCH3 is 3. The summed E-state index contributed by atoms with van der Waals surface area (Å²) in [4.78, 5) is 10.6. The first-order valence-electron chi connectivity index (χ1n) is 6.92. The van der Waals surface area contributed by atoms with E-state index in [-0.39, 0.29) is 17.2 Å². The van der Waals surface area contributed by atoms with Crippen LogP contribution in [-0.4, -0.2) is 32.5 Å². The topological polar surface area (TPSA) is 95.2 Å². The zero-order chi connectivity index (χ0) is 17.5. The quantitative estimate of drug-likeness (QED) is 0.476. The van der Waals surface area contributed by atoms with Crippen LogP contribution >= 0.6 is 0 Å². The molecule has 0 amide bonds. The van der Waals surface area contributed by atoms with Crippen LogP contribution in [0.25, 0.3) is 0 Å². The summed E-state index contributed by atoms with van der Waals surface area (Å²) >= 11 is 0. The fourth-order valence-corrected chi connectivity index (χ4v) is 2.02. The van der Waals surface area contributed by atoms with E-state index in [1.165, 1.54) is 26.5 Å². The molecule has 8 nitrogen and oxygen atoms in total. The third-order valence-corrected chi connectivity index (χ3v) is 3.18. The molecule has 24 heavy (non-hydrogen) atoms. The second-order valence-electron chi connectivity index (χ2n) is 4.63. The summed E-state index contributed by atoms with van der Waals surface area (Å²) < 4.78 is 15.2. The van der Waals surface area contributed by atoms with Crippen LogP contribution in [0.3, 0.4) is 0 Å². The van der Waals surface area contributed by atoms with E-state index in [0.29, 0.717) is 5.56 Å². The molecule has 0 aliphatic heterocycles. The fourth-order valence-electron chi connectivity index (χ4n) is 2.02. The van der Waals surface area contributed by atoms with E-state index in [1.807, 2.05) is 0 Å². The number of ether oxygens (including phenoxy) is 3. The van der Waals surface area contributed by atoms with Gasteiger partial charge in [-0.2, -0.15) is 5.10 Å². The van der Waals surface area contributed by atoms with Gasteiger partial charge in [-0.3, -0.25) is 15.5 Å². The van der Waals surface area contributed by atoms with Gasteiger partial charge >= 0.3 is 5.69 Å². The third kappa shape index (κ3) is 3.92. The summed E-state index contributed by atoms with van der Waals surface area (Å²) in [5, 5.41) is 15.2. The maximum Gasteiger partial charge on any atom is 0.315 e. The van der Waals surface area contributed by atoms with Crippen molar-refractivity contribution in [1.29, 1.82) is 0 Å². The Morgan fingerprint density at radius 2 is 1.79 bits per heavy atom. The number of rotatable bonds is 7. The Morgan fingerprint density at radius 1 is 1.08 bits per heavy atom. The first kappa shape index (κ1) is 17.1. The van der Waals surface area contributed by atoms with Gasteiger partial charge in [0.15, 0.2) is 5.75 Å². The normalized spacial score (nSPS) is 10.5. The number of benzene rings is 2. The Morgan fingerprint density at radius 3 is 2.33 bits per heavy atom. The minimum atomic E-state index is -0.532. The fraction of sp³-hybridized carbons (Fsp3) is 0.188. The molecule has 0 atom stereocenters. The number of nitro benzene ring substituents is 1. The molecule has 0 bridgehead atoms. The van der Waals surface area contributed by atoms with Crippen LogP contribution < -0.4 is 19.6 Å². The summed E-state index contributed by atoms with van der Waals surface area (Å²) in [6, 6.07) is 10.1. The summed E-state index contributed by atoms with van der Waals surface area (Å²) in [6.07, 6.45) is 1.46. The molecule has 0 aliphatic rings. The highest BCUT2D eigenvalue weighted by atomic mass is 16.6. The molecule has 0 aromatic heterocycles. The molecule has 2 aromatic carbocycles. The number of nitrogens with one attached hydrogen (secondary N) is 1. The number of anilines is 1. The van der Waals surface area contributed by atoms with Crippen LogP contribution in [0.5, 0.6) is 17.2 Å². The average molecular weight is 331 g/mol. The molecule has 0 saturated carbocycles. The number of nitrogens with zero attached hydrogens (tertiary/aromatic N) is 2. The molecule has 2 aromatic rings. The van der Waals surface area contributed by atoms with Crippen LogP contribution in [0.2, 0.25) is 0 Å². The van der Waals surface area contributed by atoms with Gasteiger partial charge in [-0.15, -0.1) is 0 Å². The zero-order valence-corrected chi connectivity index (χ0v) is 13.5. The van der Waals surface area contributed by atoms with Crippen molar-refractivity contribution in [1.82, 2.24) is 0 Å². The van der Waals surface area contributed by atoms with E-state index >= 15 is 0 Å². The smallest absolute Gasteiger partial charge is 0.315 e. The highest BCUT2D eigenvalue weighted by molar-refractivity contribution is 5.83. The lowest BCUT2D eigenvalue weighted by Gasteiger charge is -2.08. The van der Waals surface area contributed by atoms with Crippen LogP contribution in [-0.2, 0) is 0 Å². The van der Waals surface area contributed by atoms with Crippen molar-refractivity contribution >= 4 is 17.6 Å². The minimum Gasteiger partial charge on any atom is -0.497 e. The lowest BCUT2D eigenvalue weighted by atomic mass is 10.2. The highest BCUT2D eigenvalue weighted by Crippen LogP contribution is 2.37. The molecule has 2 rings (SSSR count). The van der Waals surface area contributed by atoms with Crippen molar-refractivity contribution in [2.75, 3.05) is 26.8 Å². The molecular formula is C16H17N3O5. The predicted molar refractivity (Wildman–Crippen MR) is 90.4 cm³/mol. The second kappa shape index (κ2) is 7.82. The van der Waals surface area contributed by atoms with E-state index in [0.717, 1.165) is 11.4 Å². The first-order valence-corrected chi connectivity index (χ1v) is 6.92. The predicted octanol–water partition coefficient (Wildman–Crippen LogP) is 3.07. The van der Waals surface area contributed by atoms with Gasteiger partial charge in [0.25, 0.3) is 0 Å². The van der Waals surface area contributed by atoms with Gasteiger partial charge in [-0.05, 0) is 30.3 Å². The maximum absolute atomic E-state index is 11.2. The van der Waals surface area contributed by atoms with Crippen molar-refractivity contribution in [2.24, 2.45) is 5.10 Å². The minimum absolute atomic E-state index is 0.0720. The van der Waals surface area contributed by atoms with Gasteiger partial charge in [0, 0.05) is 11.6 Å². The number of hydrogen-bond donors (Lipinski definition) is 1. The van der Waals surface area contributed by atoms with Gasteiger partial charge < -0.3 is 14.2 Å². The molecular weight excluding hydrogens is 314 g/mol. The second-order valence-corrected chi connectivity index (χ2v) is 4.63. The third-order valence-electron chi connectivity index (χ3n) is 3.18. The maximum atomic E-state index is 11.2. The van der Waals surface area contributed by atoms with Crippen molar-refractivity contribution in [3.8, 4) is 17.2 Å². The molecule has 0 heterocycles. The molecule has 8 heteroatoms. The van der Waals surface area contributed by atoms with E-state index in [4.69, 9.17) is 14.2 Å². The van der Waals surface area contributed by atoms with E-state index in [9.17, 15) is 10.1 Å². The van der Waals surface area contributed by atoms with Crippen LogP contribution in [0, 0.1) is 10.1 Å². The standard InChI is InChI=1S/C16H17N3O5/c1-22-13-6-4-12(5-7-13)18-17-10-11-8-14(19(20)21)16(24-3)15(9-11)23-2/h4-10,18H,1-3H3/b17-10+. The Labute approximate surface area is 138 Å². The Bertz CT molecular complexity index is 744. The van der Waals surface area contributed by atoms with Crippen LogP contribution in [0.15, 0.2) is 41.5 Å². The van der Waals surface area contributed by atoms with E-state index < -0.39 is 4.92 Å². The summed E-state index contributed by atoms with van der Waals surface area (Å²) in [6.45, 7) is 0. The van der Waals surface area contributed by atoms with Crippen LogP contribution in [0.1, 0.15) is 5.56 Å². The van der Waals surface area contributed by atoms with Crippen molar-refractivity contribution in [2.45, 2.75) is 0 Å².